The van der Waals surface area contributed by atoms with Crippen molar-refractivity contribution >= 4 is 46.0 Å². The van der Waals surface area contributed by atoms with Crippen LogP contribution in [0.3, 0.4) is 0 Å². The van der Waals surface area contributed by atoms with Gasteiger partial charge in [0.25, 0.3) is 0 Å². The number of hydrogen-bond donors (Lipinski definition) is 2. The van der Waals surface area contributed by atoms with Gasteiger partial charge in [0, 0.05) is 31.9 Å². The van der Waals surface area contributed by atoms with Gasteiger partial charge in [-0.3, -0.25) is 4.79 Å². The highest BCUT2D eigenvalue weighted by Gasteiger charge is 2.24. The quantitative estimate of drug-likeness (QED) is 0.619. The Morgan fingerprint density at radius 2 is 1.97 bits per heavy atom. The molecule has 1 saturated heterocycles. The smallest absolute Gasteiger partial charge is 0.244 e. The van der Waals surface area contributed by atoms with Crippen LogP contribution >= 0.6 is 11.6 Å². The Balaban J connectivity index is 1.53. The molecule has 2 aromatic heterocycles. The fourth-order valence-corrected chi connectivity index (χ4v) is 3.46. The van der Waals surface area contributed by atoms with Crippen molar-refractivity contribution in [3.63, 3.8) is 0 Å². The average molecular weight is 445 g/mol. The Kier molecular flexibility index (Phi) is 6.10. The van der Waals surface area contributed by atoms with Crippen LogP contribution < -0.4 is 10.6 Å². The number of hydrogen-bond acceptors (Lipinski definition) is 8. The van der Waals surface area contributed by atoms with E-state index in [0.29, 0.717) is 35.6 Å². The fourth-order valence-electron chi connectivity index (χ4n) is 3.28. The molecule has 1 amide bonds. The second-order valence-electron chi connectivity index (χ2n) is 7.40. The molecule has 1 aliphatic heterocycles. The second-order valence-corrected chi connectivity index (χ2v) is 7.81. The highest BCUT2D eigenvalue weighted by atomic mass is 35.5. The lowest BCUT2D eigenvalue weighted by atomic mass is 10.2. The summed E-state index contributed by atoms with van der Waals surface area (Å²) in [5, 5.41) is 6.14. The molecule has 1 fully saturated rings. The maximum absolute atomic E-state index is 13.4. The number of aromatic nitrogens is 4. The Labute approximate surface area is 183 Å². The summed E-state index contributed by atoms with van der Waals surface area (Å²) in [7, 11) is 2.04. The minimum Gasteiger partial charge on any atom is -0.343 e. The number of carbonyl (C=O) groups excluding carboxylic acids is 1. The molecule has 4 rings (SSSR count). The van der Waals surface area contributed by atoms with E-state index >= 15 is 0 Å². The summed E-state index contributed by atoms with van der Waals surface area (Å²) in [4.78, 5) is 34.0. The zero-order valence-corrected chi connectivity index (χ0v) is 17.9. The summed E-state index contributed by atoms with van der Waals surface area (Å²) in [5.41, 5.74) is 1.53. The van der Waals surface area contributed by atoms with Crippen LogP contribution in [0.2, 0.25) is 5.02 Å². The van der Waals surface area contributed by atoms with E-state index < -0.39 is 11.9 Å². The number of benzene rings is 1. The van der Waals surface area contributed by atoms with Crippen molar-refractivity contribution < 1.29 is 9.18 Å². The number of fused-ring (bicyclic) bond motifs is 1. The van der Waals surface area contributed by atoms with Gasteiger partial charge in [-0.2, -0.15) is 0 Å². The largest absolute Gasteiger partial charge is 0.343 e. The van der Waals surface area contributed by atoms with Crippen LogP contribution in [0.4, 0.5) is 21.8 Å². The first-order valence-corrected chi connectivity index (χ1v) is 10.2. The van der Waals surface area contributed by atoms with Crippen LogP contribution in [0, 0.1) is 5.82 Å². The number of halogens is 2. The first kappa shape index (κ1) is 21.1. The molecule has 1 atom stereocenters. The topological polar surface area (TPSA) is 99.2 Å². The third-order valence-electron chi connectivity index (χ3n) is 5.09. The van der Waals surface area contributed by atoms with Crippen LogP contribution in [-0.4, -0.2) is 74.9 Å². The van der Waals surface area contributed by atoms with Gasteiger partial charge in [-0.1, -0.05) is 11.6 Å². The number of carbonyl (C=O) groups is 1. The minimum absolute atomic E-state index is 0.000381. The van der Waals surface area contributed by atoms with E-state index in [9.17, 15) is 9.18 Å². The lowest BCUT2D eigenvalue weighted by Gasteiger charge is -2.34. The van der Waals surface area contributed by atoms with Crippen LogP contribution in [0.15, 0.2) is 30.7 Å². The Morgan fingerprint density at radius 1 is 1.19 bits per heavy atom. The van der Waals surface area contributed by atoms with E-state index in [0.717, 1.165) is 13.1 Å². The molecule has 0 saturated carbocycles. The Hall–Kier alpha value is -3.11. The number of nitrogens with one attached hydrogen (secondary N) is 2. The van der Waals surface area contributed by atoms with Gasteiger partial charge in [-0.15, -0.1) is 0 Å². The zero-order valence-electron chi connectivity index (χ0n) is 17.1. The van der Waals surface area contributed by atoms with Crippen molar-refractivity contribution in [1.82, 2.24) is 29.7 Å². The van der Waals surface area contributed by atoms with Gasteiger partial charge in [0.2, 0.25) is 11.9 Å². The molecular weight excluding hydrogens is 423 g/mol. The summed E-state index contributed by atoms with van der Waals surface area (Å²) in [6.07, 6.45) is 2.94. The lowest BCUT2D eigenvalue weighted by molar-refractivity contribution is -0.133. The molecule has 0 spiro atoms. The van der Waals surface area contributed by atoms with Gasteiger partial charge in [0.05, 0.1) is 11.2 Å². The summed E-state index contributed by atoms with van der Waals surface area (Å²) in [5.74, 6) is 0.196. The third kappa shape index (κ3) is 4.80. The maximum Gasteiger partial charge on any atom is 0.244 e. The zero-order chi connectivity index (χ0) is 22.0. The molecule has 11 heteroatoms. The van der Waals surface area contributed by atoms with Crippen LogP contribution in [-0.2, 0) is 4.79 Å². The van der Waals surface area contributed by atoms with Crippen molar-refractivity contribution in [2.75, 3.05) is 43.9 Å². The lowest BCUT2D eigenvalue weighted by Crippen LogP contribution is -2.51. The number of amides is 1. The Morgan fingerprint density at radius 3 is 2.71 bits per heavy atom. The van der Waals surface area contributed by atoms with Crippen molar-refractivity contribution in [3.8, 4) is 0 Å². The average Bonchev–Trinajstić information content (AvgIpc) is 2.76. The van der Waals surface area contributed by atoms with Crippen LogP contribution in [0.25, 0.3) is 11.0 Å². The highest BCUT2D eigenvalue weighted by Crippen LogP contribution is 2.25. The predicted molar refractivity (Wildman–Crippen MR) is 117 cm³/mol. The molecule has 3 aromatic rings. The molecule has 1 aromatic carbocycles. The summed E-state index contributed by atoms with van der Waals surface area (Å²) < 4.78 is 13.4. The van der Waals surface area contributed by atoms with E-state index in [2.05, 4.69) is 35.5 Å². The van der Waals surface area contributed by atoms with Gasteiger partial charge in [0.1, 0.15) is 29.2 Å². The van der Waals surface area contributed by atoms with Crippen molar-refractivity contribution in [2.24, 2.45) is 0 Å². The van der Waals surface area contributed by atoms with Crippen molar-refractivity contribution in [2.45, 2.75) is 13.0 Å². The van der Waals surface area contributed by atoms with E-state index in [1.54, 1.807) is 19.2 Å². The van der Waals surface area contributed by atoms with E-state index in [-0.39, 0.29) is 16.9 Å². The fraction of sp³-hybridized carbons (Fsp3) is 0.350. The number of piperazine rings is 1. The number of nitrogens with zero attached hydrogens (tertiary/aromatic N) is 6. The summed E-state index contributed by atoms with van der Waals surface area (Å²) in [6, 6.07) is 3.79. The monoisotopic (exact) mass is 444 g/mol. The van der Waals surface area contributed by atoms with E-state index in [1.807, 2.05) is 11.9 Å². The second kappa shape index (κ2) is 8.94. The molecule has 0 bridgehead atoms. The van der Waals surface area contributed by atoms with Gasteiger partial charge in [-0.05, 0) is 32.2 Å². The molecule has 162 valence electrons. The normalized spacial score (nSPS) is 15.7. The first-order valence-electron chi connectivity index (χ1n) is 9.84. The minimum atomic E-state index is -0.507. The number of likely N-dealkylation sites (N-methyl/N-ethyl adjacent to an activating group) is 1. The van der Waals surface area contributed by atoms with Crippen LogP contribution in [0.5, 0.6) is 0 Å². The molecule has 1 unspecified atom stereocenters. The first-order chi connectivity index (χ1) is 14.9. The van der Waals surface area contributed by atoms with Gasteiger partial charge in [0.15, 0.2) is 5.82 Å². The number of rotatable bonds is 5. The van der Waals surface area contributed by atoms with Gasteiger partial charge < -0.3 is 20.4 Å². The van der Waals surface area contributed by atoms with E-state index in [1.165, 1.54) is 18.5 Å². The molecule has 9 nitrogen and oxygen atoms in total. The molecule has 3 heterocycles. The van der Waals surface area contributed by atoms with Crippen molar-refractivity contribution in [3.05, 3.63) is 41.6 Å². The summed E-state index contributed by atoms with van der Waals surface area (Å²) >= 11 is 5.86. The molecule has 1 aliphatic rings. The molecule has 2 N–H and O–H groups in total. The van der Waals surface area contributed by atoms with Gasteiger partial charge in [-0.25, -0.2) is 24.3 Å². The SMILES string of the molecule is CC(Nc1ncc2ncnc(Nc3ccc(F)c(Cl)c3)c2n1)C(=O)N1CCN(C)CC1. The van der Waals surface area contributed by atoms with E-state index in [4.69, 9.17) is 11.6 Å². The Bertz CT molecular complexity index is 1110. The van der Waals surface area contributed by atoms with Crippen molar-refractivity contribution in [1.29, 1.82) is 0 Å². The molecule has 0 aliphatic carbocycles. The number of anilines is 3. The molecule has 31 heavy (non-hydrogen) atoms. The maximum atomic E-state index is 13.4. The van der Waals surface area contributed by atoms with Gasteiger partial charge >= 0.3 is 0 Å². The predicted octanol–water partition coefficient (Wildman–Crippen LogP) is 2.53. The molecule has 0 radical (unpaired) electrons. The highest BCUT2D eigenvalue weighted by molar-refractivity contribution is 6.31. The molecular formula is C20H22ClFN8O. The summed E-state index contributed by atoms with van der Waals surface area (Å²) in [6.45, 7) is 4.88. The van der Waals surface area contributed by atoms with Crippen LogP contribution in [0.1, 0.15) is 6.92 Å². The standard InChI is InChI=1S/C20H22ClFN8O/c1-12(19(31)30-7-5-29(2)6-8-30)26-20-23-10-16-17(28-20)18(25-11-24-16)27-13-3-4-15(22)14(21)9-13/h3-4,9-12H,5-8H2,1-2H3,(H,23,26,28)(H,24,25,27). The third-order valence-corrected chi connectivity index (χ3v) is 5.38.